The number of carbonyl (C=O) groups is 1. The fourth-order valence-electron chi connectivity index (χ4n) is 1.98. The van der Waals surface area contributed by atoms with E-state index in [0.29, 0.717) is 19.0 Å². The van der Waals surface area contributed by atoms with Gasteiger partial charge in [-0.25, -0.2) is 0 Å². The Morgan fingerprint density at radius 1 is 1.29 bits per heavy atom. The average Bonchev–Trinajstić information content (AvgIpc) is 2.36. The molecule has 17 heavy (non-hydrogen) atoms. The van der Waals surface area contributed by atoms with Gasteiger partial charge in [-0.05, 0) is 37.1 Å². The highest BCUT2D eigenvalue weighted by atomic mass is 16.6. The van der Waals surface area contributed by atoms with Crippen molar-refractivity contribution in [3.05, 3.63) is 23.3 Å². The molecule has 4 heteroatoms. The summed E-state index contributed by atoms with van der Waals surface area (Å²) < 4.78 is 15.7. The number of methoxy groups -OCH3 is 1. The minimum Gasteiger partial charge on any atom is -0.486 e. The first-order chi connectivity index (χ1) is 8.13. The second-order valence-electron chi connectivity index (χ2n) is 4.10. The van der Waals surface area contributed by atoms with Crippen molar-refractivity contribution >= 4 is 5.97 Å². The molecule has 2 rings (SSSR count). The van der Waals surface area contributed by atoms with Crippen molar-refractivity contribution in [2.45, 2.75) is 19.8 Å². The van der Waals surface area contributed by atoms with Crippen LogP contribution < -0.4 is 9.47 Å². The Morgan fingerprint density at radius 2 is 1.88 bits per heavy atom. The fourth-order valence-corrected chi connectivity index (χ4v) is 1.98. The van der Waals surface area contributed by atoms with Gasteiger partial charge in [0.25, 0.3) is 0 Å². The molecule has 1 unspecified atom stereocenters. The van der Waals surface area contributed by atoms with E-state index in [1.165, 1.54) is 7.11 Å². The Kier molecular flexibility index (Phi) is 3.22. The van der Waals surface area contributed by atoms with E-state index in [1.54, 1.807) is 0 Å². The molecular weight excluding hydrogens is 220 g/mol. The van der Waals surface area contributed by atoms with Crippen LogP contribution in [0.15, 0.2) is 12.1 Å². The number of fused-ring (bicyclic) bond motifs is 1. The van der Waals surface area contributed by atoms with Gasteiger partial charge in [0.2, 0.25) is 0 Å². The maximum absolute atomic E-state index is 11.5. The van der Waals surface area contributed by atoms with Crippen LogP contribution in [-0.2, 0) is 9.53 Å². The van der Waals surface area contributed by atoms with Crippen LogP contribution in [-0.4, -0.2) is 26.3 Å². The number of hydrogen-bond acceptors (Lipinski definition) is 4. The summed E-state index contributed by atoms with van der Waals surface area (Å²) >= 11 is 0. The summed E-state index contributed by atoms with van der Waals surface area (Å²) in [7, 11) is 1.40. The van der Waals surface area contributed by atoms with E-state index in [1.807, 2.05) is 26.0 Å². The molecule has 92 valence electrons. The van der Waals surface area contributed by atoms with Crippen molar-refractivity contribution in [3.8, 4) is 11.5 Å². The Morgan fingerprint density at radius 3 is 2.47 bits per heavy atom. The third-order valence-electron chi connectivity index (χ3n) is 2.95. The molecule has 0 fully saturated rings. The predicted molar refractivity (Wildman–Crippen MR) is 62.6 cm³/mol. The zero-order valence-electron chi connectivity index (χ0n) is 10.3. The molecule has 0 aromatic heterocycles. The Bertz CT molecular complexity index is 439. The number of hydrogen-bond donors (Lipinski definition) is 0. The Hall–Kier alpha value is -1.71. The lowest BCUT2D eigenvalue weighted by Crippen LogP contribution is -2.17. The SMILES string of the molecule is COC(=O)C(C)c1cc2c(cc1C)OCCO2. The number of ether oxygens (including phenoxy) is 3. The molecule has 4 nitrogen and oxygen atoms in total. The molecule has 1 aliphatic heterocycles. The van der Waals surface area contributed by atoms with Crippen LogP contribution in [0.3, 0.4) is 0 Å². The number of esters is 1. The topological polar surface area (TPSA) is 44.8 Å². The van der Waals surface area contributed by atoms with Crippen LogP contribution in [0.25, 0.3) is 0 Å². The van der Waals surface area contributed by atoms with Gasteiger partial charge in [-0.15, -0.1) is 0 Å². The molecule has 0 aliphatic carbocycles. The molecule has 1 atom stereocenters. The average molecular weight is 236 g/mol. The summed E-state index contributed by atoms with van der Waals surface area (Å²) in [6.45, 7) is 4.89. The second-order valence-corrected chi connectivity index (χ2v) is 4.10. The van der Waals surface area contributed by atoms with Gasteiger partial charge in [-0.3, -0.25) is 4.79 Å². The highest BCUT2D eigenvalue weighted by Crippen LogP contribution is 2.35. The van der Waals surface area contributed by atoms with Crippen LogP contribution in [0.2, 0.25) is 0 Å². The first-order valence-electron chi connectivity index (χ1n) is 5.61. The van der Waals surface area contributed by atoms with Crippen molar-refractivity contribution in [1.82, 2.24) is 0 Å². The monoisotopic (exact) mass is 236 g/mol. The highest BCUT2D eigenvalue weighted by Gasteiger charge is 2.21. The van der Waals surface area contributed by atoms with E-state index >= 15 is 0 Å². The summed E-state index contributed by atoms with van der Waals surface area (Å²) in [5.41, 5.74) is 1.92. The molecule has 1 aromatic rings. The summed E-state index contributed by atoms with van der Waals surface area (Å²) in [4.78, 5) is 11.5. The van der Waals surface area contributed by atoms with Gasteiger partial charge in [-0.1, -0.05) is 0 Å². The number of carbonyl (C=O) groups excluding carboxylic acids is 1. The smallest absolute Gasteiger partial charge is 0.312 e. The lowest BCUT2D eigenvalue weighted by atomic mass is 9.95. The lowest BCUT2D eigenvalue weighted by Gasteiger charge is -2.21. The maximum Gasteiger partial charge on any atom is 0.312 e. The highest BCUT2D eigenvalue weighted by molar-refractivity contribution is 5.78. The van der Waals surface area contributed by atoms with Gasteiger partial charge in [-0.2, -0.15) is 0 Å². The first kappa shape index (κ1) is 11.8. The van der Waals surface area contributed by atoms with Gasteiger partial charge < -0.3 is 14.2 Å². The number of rotatable bonds is 2. The molecule has 0 radical (unpaired) electrons. The molecule has 0 bridgehead atoms. The second kappa shape index (κ2) is 4.65. The predicted octanol–water partition coefficient (Wildman–Crippen LogP) is 2.04. The van der Waals surface area contributed by atoms with Crippen LogP contribution in [0.5, 0.6) is 11.5 Å². The van der Waals surface area contributed by atoms with E-state index in [0.717, 1.165) is 16.9 Å². The quantitative estimate of drug-likeness (QED) is 0.737. The number of aryl methyl sites for hydroxylation is 1. The molecule has 0 N–H and O–H groups in total. The molecule has 1 heterocycles. The zero-order valence-corrected chi connectivity index (χ0v) is 10.3. The van der Waals surface area contributed by atoms with E-state index in [-0.39, 0.29) is 11.9 Å². The molecule has 0 saturated carbocycles. The summed E-state index contributed by atoms with van der Waals surface area (Å²) in [6, 6.07) is 3.77. The molecule has 1 aromatic carbocycles. The Balaban J connectivity index is 2.37. The minimum absolute atomic E-state index is 0.246. The third-order valence-corrected chi connectivity index (χ3v) is 2.95. The molecular formula is C13H16O4. The maximum atomic E-state index is 11.5. The fraction of sp³-hybridized carbons (Fsp3) is 0.462. The lowest BCUT2D eigenvalue weighted by molar-refractivity contribution is -0.142. The van der Waals surface area contributed by atoms with Crippen molar-refractivity contribution in [2.75, 3.05) is 20.3 Å². The summed E-state index contributed by atoms with van der Waals surface area (Å²) in [6.07, 6.45) is 0. The standard InChI is InChI=1S/C13H16O4/c1-8-6-11-12(17-5-4-16-11)7-10(8)9(2)13(14)15-3/h6-7,9H,4-5H2,1-3H3. The van der Waals surface area contributed by atoms with E-state index in [9.17, 15) is 4.79 Å². The van der Waals surface area contributed by atoms with Crippen LogP contribution in [0, 0.1) is 6.92 Å². The van der Waals surface area contributed by atoms with E-state index in [2.05, 4.69) is 0 Å². The van der Waals surface area contributed by atoms with Crippen molar-refractivity contribution in [2.24, 2.45) is 0 Å². The van der Waals surface area contributed by atoms with Crippen LogP contribution in [0.1, 0.15) is 24.0 Å². The molecule has 0 amide bonds. The molecule has 1 aliphatic rings. The van der Waals surface area contributed by atoms with Gasteiger partial charge in [0.05, 0.1) is 13.0 Å². The van der Waals surface area contributed by atoms with Crippen LogP contribution in [0.4, 0.5) is 0 Å². The van der Waals surface area contributed by atoms with Gasteiger partial charge >= 0.3 is 5.97 Å². The van der Waals surface area contributed by atoms with Crippen molar-refractivity contribution < 1.29 is 19.0 Å². The van der Waals surface area contributed by atoms with Crippen molar-refractivity contribution in [1.29, 1.82) is 0 Å². The third kappa shape index (κ3) is 2.20. The molecule has 0 spiro atoms. The first-order valence-corrected chi connectivity index (χ1v) is 5.61. The largest absolute Gasteiger partial charge is 0.486 e. The normalized spacial score (nSPS) is 15.2. The summed E-state index contributed by atoms with van der Waals surface area (Å²) in [5.74, 6) is 0.905. The zero-order chi connectivity index (χ0) is 12.4. The van der Waals surface area contributed by atoms with Gasteiger partial charge in [0, 0.05) is 0 Å². The van der Waals surface area contributed by atoms with E-state index < -0.39 is 0 Å². The van der Waals surface area contributed by atoms with Gasteiger partial charge in [0.1, 0.15) is 13.2 Å². The van der Waals surface area contributed by atoms with E-state index in [4.69, 9.17) is 14.2 Å². The molecule has 0 saturated heterocycles. The number of benzene rings is 1. The Labute approximate surface area is 100 Å². The van der Waals surface area contributed by atoms with Crippen molar-refractivity contribution in [3.63, 3.8) is 0 Å². The van der Waals surface area contributed by atoms with Gasteiger partial charge in [0.15, 0.2) is 11.5 Å². The minimum atomic E-state index is -0.296. The summed E-state index contributed by atoms with van der Waals surface area (Å²) in [5, 5.41) is 0. The van der Waals surface area contributed by atoms with Crippen LogP contribution >= 0.6 is 0 Å².